The van der Waals surface area contributed by atoms with Gasteiger partial charge in [-0.05, 0) is 32.9 Å². The van der Waals surface area contributed by atoms with E-state index in [4.69, 9.17) is 4.74 Å². The van der Waals surface area contributed by atoms with Gasteiger partial charge >= 0.3 is 5.97 Å². The molecule has 1 aromatic heterocycles. The highest BCUT2D eigenvalue weighted by Gasteiger charge is 2.18. The number of carbonyl (C=O) groups excluding carboxylic acids is 1. The Morgan fingerprint density at radius 1 is 1.42 bits per heavy atom. The Bertz CT molecular complexity index is 449. The molecule has 2 rings (SSSR count). The molecule has 0 radical (unpaired) electrons. The van der Waals surface area contributed by atoms with E-state index in [0.717, 1.165) is 31.9 Å². The number of ether oxygens (including phenoxy) is 1. The van der Waals surface area contributed by atoms with E-state index in [1.807, 2.05) is 6.92 Å². The van der Waals surface area contributed by atoms with Crippen molar-refractivity contribution in [3.63, 3.8) is 0 Å². The first-order chi connectivity index (χ1) is 9.22. The highest BCUT2D eigenvalue weighted by atomic mass is 16.5. The minimum atomic E-state index is -0.440. The maximum atomic E-state index is 11.7. The molecule has 0 unspecified atom stereocenters. The van der Waals surface area contributed by atoms with Crippen molar-refractivity contribution in [3.05, 3.63) is 24.0 Å². The van der Waals surface area contributed by atoms with E-state index in [9.17, 15) is 4.79 Å². The lowest BCUT2D eigenvalue weighted by atomic mass is 10.3. The molecule has 6 nitrogen and oxygen atoms in total. The summed E-state index contributed by atoms with van der Waals surface area (Å²) in [5.41, 5.74) is 1.05. The summed E-state index contributed by atoms with van der Waals surface area (Å²) in [5, 5.41) is 7.92. The van der Waals surface area contributed by atoms with E-state index in [1.165, 1.54) is 18.9 Å². The highest BCUT2D eigenvalue weighted by Crippen LogP contribution is 2.09. The highest BCUT2D eigenvalue weighted by molar-refractivity contribution is 5.88. The van der Waals surface area contributed by atoms with Gasteiger partial charge in [-0.3, -0.25) is 0 Å². The van der Waals surface area contributed by atoms with Crippen molar-refractivity contribution >= 4 is 5.97 Å². The van der Waals surface area contributed by atoms with Crippen LogP contribution in [0.25, 0.3) is 0 Å². The summed E-state index contributed by atoms with van der Waals surface area (Å²) in [7, 11) is 0. The zero-order chi connectivity index (χ0) is 13.7. The fourth-order valence-corrected chi connectivity index (χ4v) is 2.21. The number of nitrogens with zero attached hydrogens (tertiary/aromatic N) is 4. The molecule has 0 amide bonds. The van der Waals surface area contributed by atoms with Crippen LogP contribution in [0.15, 0.2) is 12.7 Å². The van der Waals surface area contributed by atoms with E-state index in [0.29, 0.717) is 5.69 Å². The summed E-state index contributed by atoms with van der Waals surface area (Å²) >= 11 is 0. The van der Waals surface area contributed by atoms with Gasteiger partial charge in [0.1, 0.15) is 6.61 Å². The maximum absolute atomic E-state index is 11.7. The van der Waals surface area contributed by atoms with Gasteiger partial charge in [0.15, 0.2) is 5.69 Å². The van der Waals surface area contributed by atoms with Crippen LogP contribution in [0.4, 0.5) is 0 Å². The number of likely N-dealkylation sites (tertiary alicyclic amines) is 1. The third-order valence-corrected chi connectivity index (χ3v) is 3.33. The summed E-state index contributed by atoms with van der Waals surface area (Å²) in [6, 6.07) is 0. The third-order valence-electron chi connectivity index (χ3n) is 3.33. The van der Waals surface area contributed by atoms with Gasteiger partial charge in [0.05, 0.1) is 12.2 Å². The van der Waals surface area contributed by atoms with Crippen molar-refractivity contribution in [2.75, 3.05) is 26.2 Å². The minimum Gasteiger partial charge on any atom is -0.457 e. The van der Waals surface area contributed by atoms with Crippen LogP contribution in [-0.4, -0.2) is 52.1 Å². The van der Waals surface area contributed by atoms with Crippen molar-refractivity contribution in [1.82, 2.24) is 19.9 Å². The van der Waals surface area contributed by atoms with Crippen LogP contribution < -0.4 is 0 Å². The molecule has 0 aromatic carbocycles. The van der Waals surface area contributed by atoms with Crippen molar-refractivity contribution in [1.29, 1.82) is 0 Å². The standard InChI is InChI=1S/C13H20N4O2/c1-3-10-19-13(18)12-11(2)17(15-14-12)9-8-16-6-4-5-7-16/h3H,1,4-10H2,2H3. The minimum absolute atomic E-state index is 0.193. The van der Waals surface area contributed by atoms with Crippen LogP contribution in [0.5, 0.6) is 0 Å². The number of carbonyl (C=O) groups is 1. The molecule has 6 heteroatoms. The zero-order valence-electron chi connectivity index (χ0n) is 11.3. The first-order valence-corrected chi connectivity index (χ1v) is 6.63. The molecule has 0 spiro atoms. The lowest BCUT2D eigenvalue weighted by molar-refractivity contribution is 0.0542. The van der Waals surface area contributed by atoms with Crippen LogP contribution in [0.3, 0.4) is 0 Å². The second-order valence-electron chi connectivity index (χ2n) is 4.68. The van der Waals surface area contributed by atoms with Crippen LogP contribution in [0.1, 0.15) is 29.0 Å². The Balaban J connectivity index is 1.93. The molecule has 1 aromatic rings. The van der Waals surface area contributed by atoms with Gasteiger partial charge in [0, 0.05) is 6.54 Å². The molecule has 0 saturated carbocycles. The predicted molar refractivity (Wildman–Crippen MR) is 70.9 cm³/mol. The quantitative estimate of drug-likeness (QED) is 0.567. The van der Waals surface area contributed by atoms with Gasteiger partial charge in [-0.15, -0.1) is 5.10 Å². The molecule has 1 aliphatic heterocycles. The smallest absolute Gasteiger partial charge is 0.361 e. The summed E-state index contributed by atoms with van der Waals surface area (Å²) in [5.74, 6) is -0.440. The van der Waals surface area contributed by atoms with Crippen LogP contribution in [-0.2, 0) is 11.3 Å². The molecule has 1 fully saturated rings. The largest absolute Gasteiger partial charge is 0.457 e. The van der Waals surface area contributed by atoms with Gasteiger partial charge in [-0.25, -0.2) is 9.48 Å². The topological polar surface area (TPSA) is 60.2 Å². The summed E-state index contributed by atoms with van der Waals surface area (Å²) in [6.45, 7) is 9.56. The van der Waals surface area contributed by atoms with E-state index >= 15 is 0 Å². The average Bonchev–Trinajstić information content (AvgIpc) is 3.03. The average molecular weight is 264 g/mol. The summed E-state index contributed by atoms with van der Waals surface area (Å²) in [6.07, 6.45) is 4.08. The van der Waals surface area contributed by atoms with Crippen LogP contribution in [0.2, 0.25) is 0 Å². The molecule has 2 heterocycles. The number of rotatable bonds is 6. The fourth-order valence-electron chi connectivity index (χ4n) is 2.21. The first kappa shape index (κ1) is 13.7. The van der Waals surface area contributed by atoms with Gasteiger partial charge in [0.2, 0.25) is 0 Å². The third kappa shape index (κ3) is 3.41. The van der Waals surface area contributed by atoms with Gasteiger partial charge < -0.3 is 9.64 Å². The van der Waals surface area contributed by atoms with Crippen LogP contribution >= 0.6 is 0 Å². The van der Waals surface area contributed by atoms with Crippen molar-refractivity contribution in [2.45, 2.75) is 26.3 Å². The van der Waals surface area contributed by atoms with Crippen LogP contribution in [0, 0.1) is 6.92 Å². The zero-order valence-corrected chi connectivity index (χ0v) is 11.3. The Morgan fingerprint density at radius 3 is 2.84 bits per heavy atom. The normalized spacial score (nSPS) is 15.6. The second kappa shape index (κ2) is 6.47. The Kier molecular flexibility index (Phi) is 4.68. The second-order valence-corrected chi connectivity index (χ2v) is 4.68. The monoisotopic (exact) mass is 264 g/mol. The Labute approximate surface area is 113 Å². The molecule has 19 heavy (non-hydrogen) atoms. The SMILES string of the molecule is C=CCOC(=O)c1nnn(CCN2CCCC2)c1C. The lowest BCUT2D eigenvalue weighted by Gasteiger charge is -2.14. The molecular formula is C13H20N4O2. The van der Waals surface area contributed by atoms with Gasteiger partial charge in [-0.2, -0.15) is 0 Å². The lowest BCUT2D eigenvalue weighted by Crippen LogP contribution is -2.25. The predicted octanol–water partition coefficient (Wildman–Crippen LogP) is 1.03. The number of hydrogen-bond donors (Lipinski definition) is 0. The van der Waals surface area contributed by atoms with E-state index < -0.39 is 5.97 Å². The summed E-state index contributed by atoms with van der Waals surface area (Å²) < 4.78 is 6.73. The van der Waals surface area contributed by atoms with Gasteiger partial charge in [0.25, 0.3) is 0 Å². The van der Waals surface area contributed by atoms with Crippen molar-refractivity contribution in [3.8, 4) is 0 Å². The Morgan fingerprint density at radius 2 is 2.16 bits per heavy atom. The molecular weight excluding hydrogens is 244 g/mol. The van der Waals surface area contributed by atoms with Crippen molar-refractivity contribution in [2.24, 2.45) is 0 Å². The first-order valence-electron chi connectivity index (χ1n) is 6.63. The maximum Gasteiger partial charge on any atom is 0.361 e. The number of aromatic nitrogens is 3. The van der Waals surface area contributed by atoms with Gasteiger partial charge in [-0.1, -0.05) is 17.9 Å². The number of hydrogen-bond acceptors (Lipinski definition) is 5. The molecule has 0 atom stereocenters. The molecule has 0 bridgehead atoms. The number of esters is 1. The molecule has 0 N–H and O–H groups in total. The van der Waals surface area contributed by atoms with Crippen molar-refractivity contribution < 1.29 is 9.53 Å². The molecule has 104 valence electrons. The van der Waals surface area contributed by atoms with E-state index in [-0.39, 0.29) is 6.61 Å². The fraction of sp³-hybridized carbons (Fsp3) is 0.615. The van der Waals surface area contributed by atoms with E-state index in [1.54, 1.807) is 4.68 Å². The molecule has 1 aliphatic rings. The Hall–Kier alpha value is -1.69. The molecule has 0 aliphatic carbocycles. The molecule has 1 saturated heterocycles. The summed E-state index contributed by atoms with van der Waals surface area (Å²) in [4.78, 5) is 14.1. The van der Waals surface area contributed by atoms with E-state index in [2.05, 4.69) is 21.8 Å².